The first-order chi connectivity index (χ1) is 32.1. The minimum atomic E-state index is -2.29. The molecule has 0 spiro atoms. The predicted octanol–water partition coefficient (Wildman–Crippen LogP) is 7.50. The van der Waals surface area contributed by atoms with Gasteiger partial charge in [-0.05, 0) is 53.1 Å². The Kier molecular flexibility index (Phi) is 8.51. The van der Waals surface area contributed by atoms with Gasteiger partial charge in [-0.25, -0.2) is 35.1 Å². The number of carbonyl (C=O) groups excluding carboxylic acids is 4. The van der Waals surface area contributed by atoms with E-state index in [-0.39, 0.29) is 19.5 Å². The summed E-state index contributed by atoms with van der Waals surface area (Å²) in [4.78, 5) is 63.8. The van der Waals surface area contributed by atoms with Gasteiger partial charge in [-0.2, -0.15) is 0 Å². The van der Waals surface area contributed by atoms with Gasteiger partial charge < -0.3 is 18.9 Å². The summed E-state index contributed by atoms with van der Waals surface area (Å²) in [7, 11) is 4.06. The SMILES string of the molecule is COC(=O)[C@]12[C@@H]3c4c(F)c(F)c(F)c(F)c4[C@@H](N3Cc3ccccc3)[C@@]1(C(=O)OC)[C@@H]1C3CC([C@@H]4[C@H]3[C@@]3(C(=O)OC)[C@@H]5c6c(F)c(F)c(F)c(F)c6[C@@H](N5Cc5ccccc5)[C@@]43C(=O)OC)[C@@H]12. The van der Waals surface area contributed by atoms with Gasteiger partial charge in [-0.1, -0.05) is 60.7 Å². The number of benzene rings is 4. The van der Waals surface area contributed by atoms with Crippen LogP contribution in [0.2, 0.25) is 0 Å². The lowest BCUT2D eigenvalue weighted by atomic mass is 9.23. The highest BCUT2D eigenvalue weighted by molar-refractivity contribution is 5.99. The largest absolute Gasteiger partial charge is 0.468 e. The maximum absolute atomic E-state index is 16.7. The van der Waals surface area contributed by atoms with Crippen LogP contribution in [0.3, 0.4) is 0 Å². The molecule has 6 fully saturated rings. The molecule has 4 aromatic rings. The molecule has 4 aliphatic carbocycles. The van der Waals surface area contributed by atoms with Crippen molar-refractivity contribution < 1.29 is 73.2 Å². The average molecular weight is 935 g/mol. The molecule has 0 radical (unpaired) electrons. The molecule has 10 nitrogen and oxygen atoms in total. The molecular weight excluding hydrogens is 897 g/mol. The van der Waals surface area contributed by atoms with Crippen molar-refractivity contribution in [1.29, 1.82) is 0 Å². The molecule has 4 saturated carbocycles. The average Bonchev–Trinajstić information content (AvgIpc) is 4.12. The zero-order valence-corrected chi connectivity index (χ0v) is 35.9. The van der Waals surface area contributed by atoms with E-state index in [1.165, 1.54) is 9.80 Å². The van der Waals surface area contributed by atoms with Crippen LogP contribution in [0.15, 0.2) is 60.7 Å². The van der Waals surface area contributed by atoms with E-state index >= 15 is 54.3 Å². The Labute approximate surface area is 376 Å². The molecule has 0 N–H and O–H groups in total. The van der Waals surface area contributed by atoms with Gasteiger partial charge in [0, 0.05) is 35.3 Å². The number of rotatable bonds is 8. The molecule has 4 aliphatic heterocycles. The number of carbonyl (C=O) groups is 4. The number of halogens is 8. The molecule has 2 saturated heterocycles. The summed E-state index contributed by atoms with van der Waals surface area (Å²) in [6.07, 6.45) is -0.00996. The van der Waals surface area contributed by atoms with Gasteiger partial charge in [0.05, 0.1) is 52.6 Å². The van der Waals surface area contributed by atoms with Gasteiger partial charge in [-0.15, -0.1) is 0 Å². The second-order valence-electron chi connectivity index (χ2n) is 19.2. The van der Waals surface area contributed by atoms with Crippen molar-refractivity contribution in [2.75, 3.05) is 28.4 Å². The second-order valence-corrected chi connectivity index (χ2v) is 19.2. The maximum Gasteiger partial charge on any atom is 0.315 e. The summed E-state index contributed by atoms with van der Waals surface area (Å²) in [5.41, 5.74) is -11.0. The van der Waals surface area contributed by atoms with E-state index in [1.54, 1.807) is 60.7 Å². The smallest absolute Gasteiger partial charge is 0.315 e. The van der Waals surface area contributed by atoms with Gasteiger partial charge in [0.25, 0.3) is 0 Å². The summed E-state index contributed by atoms with van der Waals surface area (Å²) in [5.74, 6) is -26.8. The zero-order chi connectivity index (χ0) is 47.3. The molecule has 14 atom stereocenters. The van der Waals surface area contributed by atoms with Crippen molar-refractivity contribution >= 4 is 23.9 Å². The molecule has 8 aliphatic rings. The summed E-state index contributed by atoms with van der Waals surface area (Å²) < 4.78 is 151. The summed E-state index contributed by atoms with van der Waals surface area (Å²) in [6, 6.07) is 9.80. The van der Waals surface area contributed by atoms with Gasteiger partial charge in [0.1, 0.15) is 21.7 Å². The monoisotopic (exact) mass is 934 g/mol. The number of esters is 4. The Morgan fingerprint density at radius 1 is 0.433 bits per heavy atom. The van der Waals surface area contributed by atoms with Gasteiger partial charge in [0.15, 0.2) is 46.5 Å². The Morgan fingerprint density at radius 2 is 0.672 bits per heavy atom. The lowest BCUT2D eigenvalue weighted by Gasteiger charge is -2.76. The first-order valence-corrected chi connectivity index (χ1v) is 21.8. The number of nitrogens with zero attached hydrogens (tertiary/aromatic N) is 2. The van der Waals surface area contributed by atoms with Crippen LogP contribution < -0.4 is 0 Å². The summed E-state index contributed by atoms with van der Waals surface area (Å²) >= 11 is 0. The van der Waals surface area contributed by atoms with Crippen LogP contribution in [0.1, 0.15) is 64.0 Å². The van der Waals surface area contributed by atoms with Crippen LogP contribution in [0, 0.1) is 104 Å². The van der Waals surface area contributed by atoms with Crippen LogP contribution in [0.4, 0.5) is 35.1 Å². The molecular formula is C49H38F8N2O8. The Bertz CT molecular complexity index is 2600. The van der Waals surface area contributed by atoms with Crippen molar-refractivity contribution in [3.05, 3.63) is 141 Å². The molecule has 6 bridgehead atoms. The Balaban J connectivity index is 1.15. The summed E-state index contributed by atoms with van der Waals surface area (Å²) in [6.45, 7) is -0.457. The zero-order valence-electron chi connectivity index (χ0n) is 35.9. The number of ether oxygens (including phenoxy) is 4. The van der Waals surface area contributed by atoms with Crippen molar-refractivity contribution in [2.45, 2.75) is 43.7 Å². The van der Waals surface area contributed by atoms with E-state index in [4.69, 9.17) is 18.9 Å². The Hall–Kier alpha value is -5.88. The third kappa shape index (κ3) is 4.04. The quantitative estimate of drug-likeness (QED) is 0.0335. The summed E-state index contributed by atoms with van der Waals surface area (Å²) in [5, 5.41) is 0. The number of fused-ring (bicyclic) bond motifs is 28. The third-order valence-electron chi connectivity index (χ3n) is 18.0. The molecule has 12 rings (SSSR count). The highest BCUT2D eigenvalue weighted by Gasteiger charge is 3.03. The normalized spacial score (nSPS) is 37.1. The molecule has 18 heteroatoms. The van der Waals surface area contributed by atoms with Crippen LogP contribution in [0.5, 0.6) is 0 Å². The Morgan fingerprint density at radius 3 is 0.896 bits per heavy atom. The number of methoxy groups -OCH3 is 4. The molecule has 348 valence electrons. The van der Waals surface area contributed by atoms with E-state index in [2.05, 4.69) is 0 Å². The van der Waals surface area contributed by atoms with Crippen molar-refractivity contribution in [3.8, 4) is 0 Å². The van der Waals surface area contributed by atoms with Crippen LogP contribution in [-0.2, 0) is 51.2 Å². The first-order valence-electron chi connectivity index (χ1n) is 21.8. The lowest BCUT2D eigenvalue weighted by Crippen LogP contribution is -2.82. The van der Waals surface area contributed by atoms with Crippen LogP contribution in [-0.4, -0.2) is 62.1 Å². The standard InChI is InChI=1S/C49H38F8N2O8/c1-64-42(60)46-26-20-15-21(27(26)47(46,43(61)65-2)39-23-22(30(50)34(54)35(55)31(23)51)38(46)58(39)16-18-11-7-5-8-12-18)29-28(20)48(44(62)66-3)40-24-25(33(53)37(57)36(56)32(24)52)41(49(29,48)45(63)67-4)59(40)17-19-13-9-6-10-14-19/h5-14,20-21,26-29,38-41H,15-17H2,1-4H3/t20?,21?,26-,27+,28+,29-,38-,39+,40+,41-,46-,47+,48+,49-. The molecule has 67 heavy (non-hydrogen) atoms. The predicted molar refractivity (Wildman–Crippen MR) is 211 cm³/mol. The third-order valence-corrected chi connectivity index (χ3v) is 18.0. The molecule has 4 heterocycles. The fraction of sp³-hybridized carbons (Fsp3) is 0.429. The minimum absolute atomic E-state index is 0.00996. The first kappa shape index (κ1) is 42.5. The van der Waals surface area contributed by atoms with Crippen molar-refractivity contribution in [2.24, 2.45) is 57.2 Å². The van der Waals surface area contributed by atoms with Gasteiger partial charge in [0.2, 0.25) is 0 Å². The number of hydrogen-bond donors (Lipinski definition) is 0. The van der Waals surface area contributed by atoms with Crippen molar-refractivity contribution in [1.82, 2.24) is 9.80 Å². The van der Waals surface area contributed by atoms with E-state index < -0.39 is 174 Å². The van der Waals surface area contributed by atoms with E-state index in [0.29, 0.717) is 11.1 Å². The van der Waals surface area contributed by atoms with Crippen LogP contribution >= 0.6 is 0 Å². The maximum atomic E-state index is 16.7. The minimum Gasteiger partial charge on any atom is -0.468 e. The van der Waals surface area contributed by atoms with Crippen molar-refractivity contribution in [3.63, 3.8) is 0 Å². The van der Waals surface area contributed by atoms with Crippen LogP contribution in [0.25, 0.3) is 0 Å². The van der Waals surface area contributed by atoms with Gasteiger partial charge >= 0.3 is 23.9 Å². The van der Waals surface area contributed by atoms with E-state index in [1.807, 2.05) is 0 Å². The van der Waals surface area contributed by atoms with Gasteiger partial charge in [-0.3, -0.25) is 29.0 Å². The number of hydrogen-bond acceptors (Lipinski definition) is 10. The highest BCUT2D eigenvalue weighted by Crippen LogP contribution is 2.98. The fourth-order valence-corrected chi connectivity index (χ4v) is 17.1. The fourth-order valence-electron chi connectivity index (χ4n) is 17.1. The molecule has 2 unspecified atom stereocenters. The lowest BCUT2D eigenvalue weighted by molar-refractivity contribution is -0.309. The van der Waals surface area contributed by atoms with E-state index in [0.717, 1.165) is 28.4 Å². The van der Waals surface area contributed by atoms with E-state index in [9.17, 15) is 0 Å². The second kappa shape index (κ2) is 13.4. The topological polar surface area (TPSA) is 112 Å². The highest BCUT2D eigenvalue weighted by atomic mass is 19.2. The molecule has 4 aromatic carbocycles. The molecule has 0 aromatic heterocycles. The molecule has 0 amide bonds.